The molecule has 0 aliphatic heterocycles. The van der Waals surface area contributed by atoms with Gasteiger partial charge in [0.05, 0.1) is 17.9 Å². The zero-order chi connectivity index (χ0) is 15.1. The Hall–Kier alpha value is -1.84. The second-order valence-electron chi connectivity index (χ2n) is 6.26. The second kappa shape index (κ2) is 4.93. The third kappa shape index (κ3) is 2.55. The lowest BCUT2D eigenvalue weighted by atomic mass is 10.1. The van der Waals surface area contributed by atoms with Crippen LogP contribution in [0.3, 0.4) is 0 Å². The van der Waals surface area contributed by atoms with Gasteiger partial charge in [0.2, 0.25) is 5.91 Å². The summed E-state index contributed by atoms with van der Waals surface area (Å²) in [5.41, 5.74) is 1.74. The molecule has 3 unspecified atom stereocenters. The van der Waals surface area contributed by atoms with Crippen LogP contribution in [-0.4, -0.2) is 17.0 Å². The summed E-state index contributed by atoms with van der Waals surface area (Å²) >= 11 is 0. The molecule has 1 aromatic rings. The third-order valence-electron chi connectivity index (χ3n) is 4.31. The number of carbonyl (C=O) groups excluding carboxylic acids is 1. The van der Waals surface area contributed by atoms with Gasteiger partial charge in [0, 0.05) is 0 Å². The molecule has 2 N–H and O–H groups in total. The minimum Gasteiger partial charge on any atom is -0.481 e. The zero-order valence-corrected chi connectivity index (χ0v) is 12.3. The van der Waals surface area contributed by atoms with Crippen molar-refractivity contribution in [3.8, 4) is 0 Å². The van der Waals surface area contributed by atoms with E-state index in [0.717, 1.165) is 5.56 Å². The van der Waals surface area contributed by atoms with Crippen LogP contribution in [0.4, 0.5) is 0 Å². The largest absolute Gasteiger partial charge is 0.481 e. The molecule has 1 aliphatic rings. The highest BCUT2D eigenvalue weighted by molar-refractivity contribution is 5.91. The molecular formula is C16H21NO3. The van der Waals surface area contributed by atoms with E-state index in [9.17, 15) is 9.59 Å². The Kier molecular flexibility index (Phi) is 3.59. The Labute approximate surface area is 119 Å². The predicted octanol–water partition coefficient (Wildman–Crippen LogP) is 2.53. The van der Waals surface area contributed by atoms with Gasteiger partial charge in [-0.15, -0.1) is 0 Å². The number of carboxylic acids is 1. The van der Waals surface area contributed by atoms with Gasteiger partial charge in [-0.3, -0.25) is 9.59 Å². The summed E-state index contributed by atoms with van der Waals surface area (Å²) in [5.74, 6) is -2.07. The van der Waals surface area contributed by atoms with Gasteiger partial charge in [0.15, 0.2) is 0 Å². The van der Waals surface area contributed by atoms with Crippen molar-refractivity contribution < 1.29 is 14.7 Å². The summed E-state index contributed by atoms with van der Waals surface area (Å²) in [6.45, 7) is 7.57. The molecule has 0 bridgehead atoms. The van der Waals surface area contributed by atoms with E-state index >= 15 is 0 Å². The first-order chi connectivity index (χ1) is 9.25. The first-order valence-electron chi connectivity index (χ1n) is 6.85. The van der Waals surface area contributed by atoms with Crippen LogP contribution in [0.1, 0.15) is 37.9 Å². The van der Waals surface area contributed by atoms with Crippen LogP contribution in [0.5, 0.6) is 0 Å². The number of aryl methyl sites for hydroxylation is 1. The van der Waals surface area contributed by atoms with Gasteiger partial charge in [0.1, 0.15) is 0 Å². The van der Waals surface area contributed by atoms with Gasteiger partial charge in [-0.1, -0.05) is 43.7 Å². The average molecular weight is 275 g/mol. The van der Waals surface area contributed by atoms with Gasteiger partial charge >= 0.3 is 5.97 Å². The van der Waals surface area contributed by atoms with E-state index in [2.05, 4.69) is 5.32 Å². The lowest BCUT2D eigenvalue weighted by Crippen LogP contribution is -2.30. The molecule has 108 valence electrons. The Morgan fingerprint density at radius 2 is 1.75 bits per heavy atom. The van der Waals surface area contributed by atoms with Crippen LogP contribution in [-0.2, 0) is 9.59 Å². The molecule has 1 fully saturated rings. The van der Waals surface area contributed by atoms with Gasteiger partial charge < -0.3 is 10.4 Å². The van der Waals surface area contributed by atoms with Crippen LogP contribution < -0.4 is 5.32 Å². The molecular weight excluding hydrogens is 254 g/mol. The summed E-state index contributed by atoms with van der Waals surface area (Å²) in [5, 5.41) is 12.0. The first-order valence-corrected chi connectivity index (χ1v) is 6.85. The molecule has 1 aromatic carbocycles. The van der Waals surface area contributed by atoms with Crippen molar-refractivity contribution in [3.63, 3.8) is 0 Å². The number of nitrogens with one attached hydrogen (secondary N) is 1. The van der Waals surface area contributed by atoms with Gasteiger partial charge in [-0.25, -0.2) is 0 Å². The van der Waals surface area contributed by atoms with Crippen LogP contribution in [0, 0.1) is 24.2 Å². The summed E-state index contributed by atoms with van der Waals surface area (Å²) < 4.78 is 0. The van der Waals surface area contributed by atoms with E-state index in [1.54, 1.807) is 0 Å². The van der Waals surface area contributed by atoms with Crippen LogP contribution in [0.15, 0.2) is 24.3 Å². The number of aliphatic carboxylic acids is 1. The lowest BCUT2D eigenvalue weighted by Gasteiger charge is -2.15. The molecule has 0 spiro atoms. The van der Waals surface area contributed by atoms with Gasteiger partial charge in [0.25, 0.3) is 0 Å². The maximum absolute atomic E-state index is 12.2. The summed E-state index contributed by atoms with van der Waals surface area (Å²) in [6.07, 6.45) is 0. The van der Waals surface area contributed by atoms with E-state index in [1.165, 1.54) is 5.56 Å². The van der Waals surface area contributed by atoms with Crippen molar-refractivity contribution in [2.24, 2.45) is 17.3 Å². The van der Waals surface area contributed by atoms with Gasteiger partial charge in [-0.2, -0.15) is 0 Å². The maximum Gasteiger partial charge on any atom is 0.307 e. The minimum absolute atomic E-state index is 0.117. The quantitative estimate of drug-likeness (QED) is 0.887. The number of hydrogen-bond acceptors (Lipinski definition) is 2. The molecule has 4 heteroatoms. The Morgan fingerprint density at radius 1 is 1.20 bits per heavy atom. The van der Waals surface area contributed by atoms with E-state index < -0.39 is 23.2 Å². The lowest BCUT2D eigenvalue weighted by molar-refractivity contribution is -0.140. The van der Waals surface area contributed by atoms with E-state index in [-0.39, 0.29) is 11.9 Å². The highest BCUT2D eigenvalue weighted by atomic mass is 16.4. The molecule has 2 rings (SSSR count). The van der Waals surface area contributed by atoms with Crippen molar-refractivity contribution in [1.82, 2.24) is 5.32 Å². The average Bonchev–Trinajstić information content (AvgIpc) is 2.93. The molecule has 20 heavy (non-hydrogen) atoms. The number of rotatable bonds is 4. The Balaban J connectivity index is 2.02. The van der Waals surface area contributed by atoms with Crippen molar-refractivity contribution in [2.45, 2.75) is 33.7 Å². The highest BCUT2D eigenvalue weighted by Gasteiger charge is 2.65. The van der Waals surface area contributed by atoms with Crippen molar-refractivity contribution in [3.05, 3.63) is 35.4 Å². The number of hydrogen-bond donors (Lipinski definition) is 2. The minimum atomic E-state index is -0.891. The summed E-state index contributed by atoms with van der Waals surface area (Å²) in [4.78, 5) is 23.3. The Morgan fingerprint density at radius 3 is 2.20 bits per heavy atom. The van der Waals surface area contributed by atoms with E-state index in [1.807, 2.05) is 52.0 Å². The van der Waals surface area contributed by atoms with E-state index in [0.29, 0.717) is 0 Å². The van der Waals surface area contributed by atoms with Crippen molar-refractivity contribution in [2.75, 3.05) is 0 Å². The number of amides is 1. The zero-order valence-electron chi connectivity index (χ0n) is 12.3. The number of benzene rings is 1. The third-order valence-corrected chi connectivity index (χ3v) is 4.31. The van der Waals surface area contributed by atoms with Gasteiger partial charge in [-0.05, 0) is 24.8 Å². The smallest absolute Gasteiger partial charge is 0.307 e. The van der Waals surface area contributed by atoms with Crippen molar-refractivity contribution in [1.29, 1.82) is 0 Å². The van der Waals surface area contributed by atoms with Crippen LogP contribution in [0.25, 0.3) is 0 Å². The monoisotopic (exact) mass is 275 g/mol. The number of carbonyl (C=O) groups is 2. The van der Waals surface area contributed by atoms with Crippen LogP contribution in [0.2, 0.25) is 0 Å². The Bertz CT molecular complexity index is 533. The molecule has 1 aliphatic carbocycles. The topological polar surface area (TPSA) is 66.4 Å². The molecule has 0 radical (unpaired) electrons. The summed E-state index contributed by atoms with van der Waals surface area (Å²) in [6, 6.07) is 7.84. The highest BCUT2D eigenvalue weighted by Crippen LogP contribution is 2.58. The molecule has 0 heterocycles. The SMILES string of the molecule is Cc1ccc(C(C)NC(=O)C2C(C(=O)O)C2(C)C)cc1. The second-order valence-corrected chi connectivity index (χ2v) is 6.26. The number of carboxylic acid groups (broad SMARTS) is 1. The first kappa shape index (κ1) is 14.6. The molecule has 0 aromatic heterocycles. The maximum atomic E-state index is 12.2. The fourth-order valence-corrected chi connectivity index (χ4v) is 2.83. The van der Waals surface area contributed by atoms with Crippen molar-refractivity contribution >= 4 is 11.9 Å². The summed E-state index contributed by atoms with van der Waals surface area (Å²) in [7, 11) is 0. The molecule has 4 nitrogen and oxygen atoms in total. The molecule has 1 amide bonds. The standard InChI is InChI=1S/C16H21NO3/c1-9-5-7-11(8-6-9)10(2)17-14(18)12-13(15(19)20)16(12,3)4/h5-8,10,12-13H,1-4H3,(H,17,18)(H,19,20). The van der Waals surface area contributed by atoms with E-state index in [4.69, 9.17) is 5.11 Å². The fraction of sp³-hybridized carbons (Fsp3) is 0.500. The fourth-order valence-electron chi connectivity index (χ4n) is 2.83. The molecule has 0 saturated heterocycles. The predicted molar refractivity (Wildman–Crippen MR) is 76.1 cm³/mol. The van der Waals surface area contributed by atoms with Crippen LogP contribution >= 0.6 is 0 Å². The molecule has 1 saturated carbocycles. The normalized spacial score (nSPS) is 24.8. The molecule has 3 atom stereocenters.